The topological polar surface area (TPSA) is 57.6 Å². The second-order valence-corrected chi connectivity index (χ2v) is 2.58. The predicted molar refractivity (Wildman–Crippen MR) is 37.7 cm³/mol. The molecule has 1 radical (unpaired) electrons. The Balaban J connectivity index is 2.65. The van der Waals surface area contributed by atoms with Crippen LogP contribution in [0.25, 0.3) is 0 Å². The number of carboxylic acids is 1. The van der Waals surface area contributed by atoms with Gasteiger partial charge in [0.1, 0.15) is 6.04 Å². The number of carboxylic acid groups (broad SMARTS) is 1. The molecule has 1 heterocycles. The van der Waals surface area contributed by atoms with E-state index in [4.69, 9.17) is 5.11 Å². The Kier molecular flexibility index (Phi) is 2.12. The van der Waals surface area contributed by atoms with Crippen LogP contribution in [0.3, 0.4) is 0 Å². The summed E-state index contributed by atoms with van der Waals surface area (Å²) >= 11 is 0. The zero-order valence-electron chi connectivity index (χ0n) is 6.12. The smallest absolute Gasteiger partial charge is 0.326 e. The van der Waals surface area contributed by atoms with Crippen molar-refractivity contribution < 1.29 is 14.7 Å². The molecule has 4 nitrogen and oxygen atoms in total. The molecule has 1 aliphatic heterocycles. The number of amides is 1. The Bertz CT molecular complexity index is 170. The van der Waals surface area contributed by atoms with Crippen LogP contribution >= 0.6 is 0 Å². The van der Waals surface area contributed by atoms with Crippen LogP contribution in [0.2, 0.25) is 0 Å². The van der Waals surface area contributed by atoms with Crippen LogP contribution in [-0.4, -0.2) is 34.5 Å². The maximum absolute atomic E-state index is 10.7. The molecule has 1 fully saturated rings. The molecule has 1 amide bonds. The highest BCUT2D eigenvalue weighted by Crippen LogP contribution is 2.16. The van der Waals surface area contributed by atoms with Gasteiger partial charge in [0.2, 0.25) is 5.91 Å². The van der Waals surface area contributed by atoms with E-state index in [1.807, 2.05) is 0 Å². The highest BCUT2D eigenvalue weighted by Gasteiger charge is 2.31. The second-order valence-electron chi connectivity index (χ2n) is 2.58. The van der Waals surface area contributed by atoms with Crippen LogP contribution in [-0.2, 0) is 9.59 Å². The summed E-state index contributed by atoms with van der Waals surface area (Å²) in [5.74, 6) is -1.32. The standard InChI is InChI=1S/C7H10NO3/c1-5(9)8-4-2-3-6(8)7(10)11/h6H,1-4H2,(H,10,11). The summed E-state index contributed by atoms with van der Waals surface area (Å²) in [6.07, 6.45) is 1.31. The molecule has 0 aromatic rings. The van der Waals surface area contributed by atoms with Crippen molar-refractivity contribution in [3.8, 4) is 0 Å². The van der Waals surface area contributed by atoms with Crippen molar-refractivity contribution in [2.75, 3.05) is 6.54 Å². The van der Waals surface area contributed by atoms with Crippen molar-refractivity contribution in [1.82, 2.24) is 4.90 Å². The quantitative estimate of drug-likeness (QED) is 0.576. The van der Waals surface area contributed by atoms with Gasteiger partial charge < -0.3 is 10.0 Å². The van der Waals surface area contributed by atoms with Crippen LogP contribution in [0.1, 0.15) is 12.8 Å². The lowest BCUT2D eigenvalue weighted by atomic mass is 10.2. The van der Waals surface area contributed by atoms with Gasteiger partial charge in [0.25, 0.3) is 0 Å². The first-order chi connectivity index (χ1) is 5.13. The third kappa shape index (κ3) is 1.50. The zero-order valence-corrected chi connectivity index (χ0v) is 6.12. The molecule has 1 atom stereocenters. The highest BCUT2D eigenvalue weighted by molar-refractivity contribution is 5.86. The largest absolute Gasteiger partial charge is 0.480 e. The summed E-state index contributed by atoms with van der Waals surface area (Å²) in [4.78, 5) is 22.5. The normalized spacial score (nSPS) is 23.7. The number of rotatable bonds is 1. The molecule has 11 heavy (non-hydrogen) atoms. The summed E-state index contributed by atoms with van der Waals surface area (Å²) < 4.78 is 0. The summed E-state index contributed by atoms with van der Waals surface area (Å²) in [5.41, 5.74) is 0. The van der Waals surface area contributed by atoms with Crippen LogP contribution in [0.15, 0.2) is 0 Å². The van der Waals surface area contributed by atoms with E-state index < -0.39 is 17.9 Å². The molecule has 0 saturated carbocycles. The number of nitrogens with zero attached hydrogens (tertiary/aromatic N) is 1. The average Bonchev–Trinajstić information content (AvgIpc) is 2.32. The minimum absolute atomic E-state index is 0.394. The van der Waals surface area contributed by atoms with Crippen molar-refractivity contribution in [3.05, 3.63) is 6.92 Å². The van der Waals surface area contributed by atoms with Gasteiger partial charge in [-0.25, -0.2) is 4.79 Å². The van der Waals surface area contributed by atoms with E-state index in [9.17, 15) is 9.59 Å². The number of carbonyl (C=O) groups is 2. The fourth-order valence-electron chi connectivity index (χ4n) is 1.32. The first-order valence-electron chi connectivity index (χ1n) is 3.48. The summed E-state index contributed by atoms with van der Waals surface area (Å²) in [5, 5.41) is 8.61. The number of carbonyl (C=O) groups excluding carboxylic acids is 1. The Morgan fingerprint density at radius 2 is 2.18 bits per heavy atom. The van der Waals surface area contributed by atoms with Crippen molar-refractivity contribution in [1.29, 1.82) is 0 Å². The predicted octanol–water partition coefficient (Wildman–Crippen LogP) is -0.104. The van der Waals surface area contributed by atoms with E-state index in [-0.39, 0.29) is 0 Å². The minimum atomic E-state index is -0.931. The van der Waals surface area contributed by atoms with Gasteiger partial charge in [-0.05, 0) is 12.8 Å². The lowest BCUT2D eigenvalue weighted by Crippen LogP contribution is -2.39. The molecule has 0 aromatic carbocycles. The number of likely N-dealkylation sites (tertiary alicyclic amines) is 1. The molecular weight excluding hydrogens is 146 g/mol. The SMILES string of the molecule is [CH2]C(=O)N1CCCC1C(=O)O. The molecule has 0 spiro atoms. The number of hydrogen-bond acceptors (Lipinski definition) is 2. The first-order valence-corrected chi connectivity index (χ1v) is 3.48. The molecule has 4 heteroatoms. The van der Waals surface area contributed by atoms with Crippen LogP contribution in [0.5, 0.6) is 0 Å². The molecule has 1 rings (SSSR count). The molecule has 1 unspecified atom stereocenters. The van der Waals surface area contributed by atoms with Crippen molar-refractivity contribution in [2.45, 2.75) is 18.9 Å². The van der Waals surface area contributed by atoms with E-state index >= 15 is 0 Å². The van der Waals surface area contributed by atoms with Crippen molar-refractivity contribution in [2.24, 2.45) is 0 Å². The maximum Gasteiger partial charge on any atom is 0.326 e. The lowest BCUT2D eigenvalue weighted by molar-refractivity contribution is -0.146. The van der Waals surface area contributed by atoms with E-state index in [1.165, 1.54) is 4.90 Å². The monoisotopic (exact) mass is 156 g/mol. The van der Waals surface area contributed by atoms with E-state index in [0.717, 1.165) is 6.42 Å². The molecule has 1 N–H and O–H groups in total. The summed E-state index contributed by atoms with van der Waals surface area (Å²) in [6, 6.07) is -0.639. The lowest BCUT2D eigenvalue weighted by Gasteiger charge is -2.18. The van der Waals surface area contributed by atoms with Gasteiger partial charge in [-0.1, -0.05) is 0 Å². The Hall–Kier alpha value is -1.06. The molecular formula is C7H10NO3. The van der Waals surface area contributed by atoms with Gasteiger partial charge in [-0.2, -0.15) is 0 Å². The second kappa shape index (κ2) is 2.90. The van der Waals surface area contributed by atoms with Gasteiger partial charge in [0.15, 0.2) is 0 Å². The van der Waals surface area contributed by atoms with Crippen LogP contribution in [0.4, 0.5) is 0 Å². The van der Waals surface area contributed by atoms with Crippen LogP contribution < -0.4 is 0 Å². The van der Waals surface area contributed by atoms with Gasteiger partial charge in [-0.3, -0.25) is 4.79 Å². The summed E-state index contributed by atoms with van der Waals surface area (Å²) in [6.45, 7) is 3.70. The molecule has 61 valence electrons. The molecule has 1 aliphatic rings. The Morgan fingerprint density at radius 1 is 1.55 bits per heavy atom. The minimum Gasteiger partial charge on any atom is -0.480 e. The highest BCUT2D eigenvalue weighted by atomic mass is 16.4. The first kappa shape index (κ1) is 8.04. The van der Waals surface area contributed by atoms with E-state index in [0.29, 0.717) is 13.0 Å². The fraction of sp³-hybridized carbons (Fsp3) is 0.571. The average molecular weight is 156 g/mol. The zero-order chi connectivity index (χ0) is 8.43. The van der Waals surface area contributed by atoms with Gasteiger partial charge in [-0.15, -0.1) is 0 Å². The third-order valence-electron chi connectivity index (χ3n) is 1.86. The van der Waals surface area contributed by atoms with Gasteiger partial charge in [0, 0.05) is 13.5 Å². The Labute approximate surface area is 64.8 Å². The van der Waals surface area contributed by atoms with Gasteiger partial charge >= 0.3 is 5.97 Å². The molecule has 0 aromatic heterocycles. The number of hydrogen-bond donors (Lipinski definition) is 1. The Morgan fingerprint density at radius 3 is 2.55 bits per heavy atom. The summed E-state index contributed by atoms with van der Waals surface area (Å²) in [7, 11) is 0. The fourth-order valence-corrected chi connectivity index (χ4v) is 1.32. The van der Waals surface area contributed by atoms with E-state index in [2.05, 4.69) is 6.92 Å². The van der Waals surface area contributed by atoms with E-state index in [1.54, 1.807) is 0 Å². The number of aliphatic carboxylic acids is 1. The van der Waals surface area contributed by atoms with Gasteiger partial charge in [0.05, 0.1) is 0 Å². The van der Waals surface area contributed by atoms with Crippen molar-refractivity contribution in [3.63, 3.8) is 0 Å². The molecule has 0 bridgehead atoms. The van der Waals surface area contributed by atoms with Crippen LogP contribution in [0, 0.1) is 6.92 Å². The maximum atomic E-state index is 10.7. The molecule has 0 aliphatic carbocycles. The molecule has 1 saturated heterocycles. The van der Waals surface area contributed by atoms with Crippen molar-refractivity contribution >= 4 is 11.9 Å². The third-order valence-corrected chi connectivity index (χ3v) is 1.86.